The summed E-state index contributed by atoms with van der Waals surface area (Å²) in [6.45, 7) is 8.48. The van der Waals surface area contributed by atoms with Crippen LogP contribution in [0.2, 0.25) is 0 Å². The smallest absolute Gasteiger partial charge is 0.223 e. The van der Waals surface area contributed by atoms with E-state index in [1.54, 1.807) is 6.92 Å². The molecule has 0 aromatic heterocycles. The van der Waals surface area contributed by atoms with Crippen molar-refractivity contribution in [3.63, 3.8) is 0 Å². The molecule has 1 aliphatic carbocycles. The molecule has 180 valence electrons. The first kappa shape index (κ1) is 23.9. The summed E-state index contributed by atoms with van der Waals surface area (Å²) in [5.74, 6) is 1.42. The number of fused-ring (bicyclic) bond motifs is 2. The molecule has 2 unspecified atom stereocenters. The Morgan fingerprint density at radius 2 is 1.73 bits per heavy atom. The van der Waals surface area contributed by atoms with E-state index in [0.29, 0.717) is 23.8 Å². The largest absolute Gasteiger partial charge is 0.349 e. The molecular weight excluding hydrogens is 412 g/mol. The SMILES string of the molecule is CC(=N)N(C(=N)C(C)C)N1CC2CCC(C1)N2CC[C@H](NC(=O)C1CCC1)c1ccccc1. The molecule has 2 bridgehead atoms. The van der Waals surface area contributed by atoms with E-state index < -0.39 is 0 Å². The topological polar surface area (TPSA) is 86.5 Å². The van der Waals surface area contributed by atoms with Crippen molar-refractivity contribution >= 4 is 17.6 Å². The highest BCUT2D eigenvalue weighted by Gasteiger charge is 2.42. The molecule has 0 spiro atoms. The summed E-state index contributed by atoms with van der Waals surface area (Å²) in [5, 5.41) is 24.2. The fourth-order valence-electron chi connectivity index (χ4n) is 5.53. The van der Waals surface area contributed by atoms with Crippen LogP contribution in [0.15, 0.2) is 30.3 Å². The van der Waals surface area contributed by atoms with Gasteiger partial charge in [-0.1, -0.05) is 50.6 Å². The highest BCUT2D eigenvalue weighted by atomic mass is 16.2. The van der Waals surface area contributed by atoms with Crippen LogP contribution in [0.4, 0.5) is 0 Å². The number of carbonyl (C=O) groups is 1. The predicted molar refractivity (Wildman–Crippen MR) is 132 cm³/mol. The fraction of sp³-hybridized carbons (Fsp3) is 0.654. The van der Waals surface area contributed by atoms with Gasteiger partial charge in [-0.2, -0.15) is 0 Å². The number of nitrogens with zero attached hydrogens (tertiary/aromatic N) is 3. The Hall–Kier alpha value is -2.25. The standard InChI is InChI=1S/C26H40N6O/c1-18(2)25(28)32(19(3)27)30-16-22-12-13-23(17-30)31(22)15-14-24(20-8-5-4-6-9-20)29-26(33)21-10-7-11-21/h4-6,8-9,18,21-24,27-28H,7,10-17H2,1-3H3,(H,29,33)/t22?,23?,24-/m0/s1. The van der Waals surface area contributed by atoms with E-state index in [9.17, 15) is 4.79 Å². The van der Waals surface area contributed by atoms with Crippen molar-refractivity contribution in [2.24, 2.45) is 11.8 Å². The zero-order chi connectivity index (χ0) is 23.5. The first-order valence-electron chi connectivity index (χ1n) is 12.6. The van der Waals surface area contributed by atoms with Crippen molar-refractivity contribution < 1.29 is 4.79 Å². The number of benzene rings is 1. The van der Waals surface area contributed by atoms with Gasteiger partial charge in [-0.3, -0.25) is 20.5 Å². The van der Waals surface area contributed by atoms with E-state index in [4.69, 9.17) is 10.8 Å². The van der Waals surface area contributed by atoms with Gasteiger partial charge in [0.05, 0.1) is 6.04 Å². The minimum absolute atomic E-state index is 0.0474. The number of nitrogens with one attached hydrogen (secondary N) is 3. The van der Waals surface area contributed by atoms with Gasteiger partial charge in [0.15, 0.2) is 0 Å². The second-order valence-corrected chi connectivity index (χ2v) is 10.3. The molecule has 3 fully saturated rings. The van der Waals surface area contributed by atoms with Crippen LogP contribution in [0.25, 0.3) is 0 Å². The van der Waals surface area contributed by atoms with E-state index in [1.165, 1.54) is 12.0 Å². The van der Waals surface area contributed by atoms with Crippen LogP contribution in [0.3, 0.4) is 0 Å². The van der Waals surface area contributed by atoms with Crippen LogP contribution in [0, 0.1) is 22.7 Å². The van der Waals surface area contributed by atoms with Gasteiger partial charge < -0.3 is 5.32 Å². The van der Waals surface area contributed by atoms with Crippen molar-refractivity contribution in [2.45, 2.75) is 77.4 Å². The van der Waals surface area contributed by atoms with Gasteiger partial charge >= 0.3 is 0 Å². The van der Waals surface area contributed by atoms with Gasteiger partial charge in [-0.25, -0.2) is 10.0 Å². The lowest BCUT2D eigenvalue weighted by atomic mass is 9.84. The Bertz CT molecular complexity index is 838. The number of hydrogen-bond donors (Lipinski definition) is 3. The lowest BCUT2D eigenvalue weighted by Gasteiger charge is -2.46. The maximum atomic E-state index is 12.7. The molecule has 1 aromatic rings. The number of carbonyl (C=O) groups excluding carboxylic acids is 1. The van der Waals surface area contributed by atoms with Crippen LogP contribution in [0.5, 0.6) is 0 Å². The van der Waals surface area contributed by atoms with Crippen LogP contribution >= 0.6 is 0 Å². The van der Waals surface area contributed by atoms with Gasteiger partial charge in [0.2, 0.25) is 5.91 Å². The molecule has 1 aromatic carbocycles. The van der Waals surface area contributed by atoms with E-state index in [2.05, 4.69) is 39.5 Å². The van der Waals surface area contributed by atoms with Crippen molar-refractivity contribution in [1.82, 2.24) is 20.2 Å². The number of piperazine rings is 1. The zero-order valence-electron chi connectivity index (χ0n) is 20.4. The second kappa shape index (κ2) is 10.3. The fourth-order valence-corrected chi connectivity index (χ4v) is 5.53. The summed E-state index contributed by atoms with van der Waals surface area (Å²) in [6, 6.07) is 11.3. The summed E-state index contributed by atoms with van der Waals surface area (Å²) >= 11 is 0. The predicted octanol–water partition coefficient (Wildman–Crippen LogP) is 4.03. The first-order valence-corrected chi connectivity index (χ1v) is 12.6. The van der Waals surface area contributed by atoms with Crippen LogP contribution in [-0.2, 0) is 4.79 Å². The van der Waals surface area contributed by atoms with Crippen molar-refractivity contribution in [1.29, 1.82) is 10.8 Å². The van der Waals surface area contributed by atoms with Crippen molar-refractivity contribution in [2.75, 3.05) is 19.6 Å². The third-order valence-corrected chi connectivity index (χ3v) is 7.66. The summed E-state index contributed by atoms with van der Waals surface area (Å²) < 4.78 is 0. The minimum Gasteiger partial charge on any atom is -0.349 e. The van der Waals surface area contributed by atoms with Crippen LogP contribution < -0.4 is 5.32 Å². The molecule has 4 rings (SSSR count). The highest BCUT2D eigenvalue weighted by Crippen LogP contribution is 2.33. The second-order valence-electron chi connectivity index (χ2n) is 10.3. The summed E-state index contributed by atoms with van der Waals surface area (Å²) in [5.41, 5.74) is 1.19. The number of hydrogen-bond acceptors (Lipinski definition) is 5. The zero-order valence-corrected chi connectivity index (χ0v) is 20.4. The highest BCUT2D eigenvalue weighted by molar-refractivity contribution is 5.97. The van der Waals surface area contributed by atoms with E-state index in [-0.39, 0.29) is 23.8 Å². The Labute approximate surface area is 198 Å². The molecular formula is C26H40N6O. The molecule has 2 heterocycles. The lowest BCUT2D eigenvalue weighted by molar-refractivity contribution is -0.128. The van der Waals surface area contributed by atoms with Gasteiger partial charge in [0.1, 0.15) is 11.7 Å². The van der Waals surface area contributed by atoms with Crippen LogP contribution in [0.1, 0.15) is 70.9 Å². The molecule has 7 heteroatoms. The van der Waals surface area contributed by atoms with E-state index in [1.807, 2.05) is 24.9 Å². The van der Waals surface area contributed by atoms with Crippen LogP contribution in [-0.4, -0.2) is 64.2 Å². The third kappa shape index (κ3) is 5.30. The molecule has 3 atom stereocenters. The molecule has 3 N–H and O–H groups in total. The summed E-state index contributed by atoms with van der Waals surface area (Å²) in [6.07, 6.45) is 6.44. The average molecular weight is 453 g/mol. The lowest BCUT2D eigenvalue weighted by Crippen LogP contribution is -2.61. The average Bonchev–Trinajstić information content (AvgIpc) is 2.97. The normalized spacial score (nSPS) is 24.4. The Kier molecular flexibility index (Phi) is 7.49. The molecule has 7 nitrogen and oxygen atoms in total. The Balaban J connectivity index is 1.41. The first-order chi connectivity index (χ1) is 15.8. The molecule has 1 amide bonds. The Morgan fingerprint density at radius 1 is 1.09 bits per heavy atom. The molecule has 2 saturated heterocycles. The quantitative estimate of drug-likeness (QED) is 0.411. The maximum absolute atomic E-state index is 12.7. The maximum Gasteiger partial charge on any atom is 0.223 e. The molecule has 1 saturated carbocycles. The molecule has 3 aliphatic rings. The molecule has 0 radical (unpaired) electrons. The van der Waals surface area contributed by atoms with Gasteiger partial charge in [-0.05, 0) is 44.6 Å². The van der Waals surface area contributed by atoms with E-state index >= 15 is 0 Å². The number of amides is 1. The van der Waals surface area contributed by atoms with Gasteiger partial charge in [-0.15, -0.1) is 0 Å². The van der Waals surface area contributed by atoms with Crippen molar-refractivity contribution in [3.05, 3.63) is 35.9 Å². The molecule has 33 heavy (non-hydrogen) atoms. The van der Waals surface area contributed by atoms with E-state index in [0.717, 1.165) is 51.7 Å². The van der Waals surface area contributed by atoms with Crippen molar-refractivity contribution in [3.8, 4) is 0 Å². The monoisotopic (exact) mass is 452 g/mol. The summed E-state index contributed by atoms with van der Waals surface area (Å²) in [4.78, 5) is 15.3. The number of rotatable bonds is 8. The number of amidine groups is 2. The van der Waals surface area contributed by atoms with Gasteiger partial charge in [0.25, 0.3) is 0 Å². The number of hydrazine groups is 1. The molecule has 2 aliphatic heterocycles. The Morgan fingerprint density at radius 3 is 2.24 bits per heavy atom. The summed E-state index contributed by atoms with van der Waals surface area (Å²) in [7, 11) is 0. The minimum atomic E-state index is 0.0474. The third-order valence-electron chi connectivity index (χ3n) is 7.66. The van der Waals surface area contributed by atoms with Gasteiger partial charge in [0, 0.05) is 43.6 Å².